The Morgan fingerprint density at radius 3 is 2.61 bits per heavy atom. The van der Waals surface area contributed by atoms with Crippen molar-refractivity contribution in [1.82, 2.24) is 4.40 Å². The minimum absolute atomic E-state index is 0.0101. The number of pyridine rings is 1. The maximum absolute atomic E-state index is 16.1. The van der Waals surface area contributed by atoms with Crippen molar-refractivity contribution in [3.05, 3.63) is 99.0 Å². The van der Waals surface area contributed by atoms with Crippen molar-refractivity contribution in [3.8, 4) is 5.75 Å². The zero-order valence-corrected chi connectivity index (χ0v) is 23.5. The maximum atomic E-state index is 16.1. The molecule has 208 valence electrons. The van der Waals surface area contributed by atoms with E-state index in [4.69, 9.17) is 4.74 Å². The third kappa shape index (κ3) is 4.20. The normalized spacial score (nSPS) is 17.4. The first-order valence-electron chi connectivity index (χ1n) is 14.0. The molecular formula is C33H29FN2O4S. The first kappa shape index (κ1) is 25.8. The average Bonchev–Trinajstić information content (AvgIpc) is 3.37. The summed E-state index contributed by atoms with van der Waals surface area (Å²) in [7, 11) is 1.65. The first-order chi connectivity index (χ1) is 19.9. The van der Waals surface area contributed by atoms with Gasteiger partial charge < -0.3 is 14.7 Å². The molecule has 6 nitrogen and oxygen atoms in total. The fourth-order valence-electron chi connectivity index (χ4n) is 6.73. The molecule has 8 heteroatoms. The second-order valence-electron chi connectivity index (χ2n) is 10.9. The van der Waals surface area contributed by atoms with Gasteiger partial charge in [-0.05, 0) is 86.1 Å². The number of aromatic nitrogens is 1. The molecule has 2 aromatic heterocycles. The van der Waals surface area contributed by atoms with Crippen molar-refractivity contribution >= 4 is 48.9 Å². The number of aromatic carboxylic acids is 1. The van der Waals surface area contributed by atoms with E-state index in [1.807, 2.05) is 40.8 Å². The Balaban J connectivity index is 1.44. The topological polar surface area (TPSA) is 71.2 Å². The summed E-state index contributed by atoms with van der Waals surface area (Å²) in [6, 6.07) is 18.6. The Kier molecular flexibility index (Phi) is 6.31. The van der Waals surface area contributed by atoms with Gasteiger partial charge >= 0.3 is 5.97 Å². The molecule has 1 aliphatic heterocycles. The van der Waals surface area contributed by atoms with Gasteiger partial charge in [0.05, 0.1) is 40.0 Å². The zero-order valence-electron chi connectivity index (χ0n) is 22.7. The molecule has 0 spiro atoms. The molecule has 41 heavy (non-hydrogen) atoms. The molecule has 0 fully saturated rings. The van der Waals surface area contributed by atoms with Crippen LogP contribution in [0.4, 0.5) is 10.1 Å². The number of methoxy groups -OCH3 is 1. The highest BCUT2D eigenvalue weighted by Gasteiger charge is 2.33. The lowest BCUT2D eigenvalue weighted by Crippen LogP contribution is -2.44. The molecule has 5 aromatic rings. The lowest BCUT2D eigenvalue weighted by Gasteiger charge is -2.42. The summed E-state index contributed by atoms with van der Waals surface area (Å²) in [6.45, 7) is 0.678. The largest absolute Gasteiger partial charge is 0.497 e. The number of benzene rings is 3. The Hall–Kier alpha value is -4.17. The molecule has 1 unspecified atom stereocenters. The number of ether oxygens (including phenoxy) is 1. The SMILES string of the molecule is COc1ccc(CC2C3=C(CCCC3)CCN2c2cc3c(cc2F)c(=O)c(C(=O)O)c2sc4ccccc4n23)cc1. The van der Waals surface area contributed by atoms with Crippen LogP contribution in [0.25, 0.3) is 25.9 Å². The number of halogens is 1. The number of carboxylic acids is 1. The number of carbonyl (C=O) groups is 1. The molecular weight excluding hydrogens is 539 g/mol. The molecule has 3 heterocycles. The highest BCUT2D eigenvalue weighted by Crippen LogP contribution is 2.41. The predicted octanol–water partition coefficient (Wildman–Crippen LogP) is 7.21. The van der Waals surface area contributed by atoms with Crippen molar-refractivity contribution in [2.75, 3.05) is 18.6 Å². The monoisotopic (exact) mass is 568 g/mol. The number of anilines is 1. The highest BCUT2D eigenvalue weighted by molar-refractivity contribution is 7.24. The van der Waals surface area contributed by atoms with E-state index in [0.29, 0.717) is 22.6 Å². The number of fused-ring (bicyclic) bond motifs is 5. The minimum Gasteiger partial charge on any atom is -0.497 e. The first-order valence-corrected chi connectivity index (χ1v) is 14.8. The van der Waals surface area contributed by atoms with E-state index >= 15 is 4.39 Å². The van der Waals surface area contributed by atoms with E-state index in [1.165, 1.54) is 35.0 Å². The van der Waals surface area contributed by atoms with Gasteiger partial charge in [0.25, 0.3) is 0 Å². The van der Waals surface area contributed by atoms with Gasteiger partial charge in [0, 0.05) is 6.54 Å². The summed E-state index contributed by atoms with van der Waals surface area (Å²) in [5, 5.41) is 10.0. The lowest BCUT2D eigenvalue weighted by atomic mass is 9.80. The molecule has 1 N–H and O–H groups in total. The van der Waals surface area contributed by atoms with Gasteiger partial charge in [0.1, 0.15) is 22.0 Å². The standard InChI is InChI=1S/C33H29FN2O4S/c1-40-21-12-10-19(11-13-21)16-26-22-7-3-2-6-20(22)14-15-35(26)28-18-27-23(17-24(28)34)31(37)30(33(38)39)32-36(27)25-8-4-5-9-29(25)41-32/h4-5,8-13,17-18,26H,2-3,6-7,14-16H2,1H3,(H,38,39). The van der Waals surface area contributed by atoms with Crippen LogP contribution in [0.1, 0.15) is 48.0 Å². The minimum atomic E-state index is -1.31. The molecule has 1 aliphatic carbocycles. The Morgan fingerprint density at radius 2 is 1.83 bits per heavy atom. The third-order valence-corrected chi connectivity index (χ3v) is 9.83. The smallest absolute Gasteiger partial charge is 0.342 e. The summed E-state index contributed by atoms with van der Waals surface area (Å²) >= 11 is 1.27. The van der Waals surface area contributed by atoms with Crippen LogP contribution in [-0.4, -0.2) is 35.2 Å². The average molecular weight is 569 g/mol. The molecule has 0 radical (unpaired) electrons. The van der Waals surface area contributed by atoms with Crippen LogP contribution in [0.5, 0.6) is 5.75 Å². The van der Waals surface area contributed by atoms with E-state index in [1.54, 1.807) is 13.2 Å². The van der Waals surface area contributed by atoms with E-state index in [-0.39, 0.29) is 17.0 Å². The molecule has 2 aliphatic rings. The lowest BCUT2D eigenvalue weighted by molar-refractivity contribution is 0.0697. The fourth-order valence-corrected chi connectivity index (χ4v) is 7.92. The highest BCUT2D eigenvalue weighted by atomic mass is 32.1. The summed E-state index contributed by atoms with van der Waals surface area (Å²) in [5.41, 5.74) is 4.84. The second-order valence-corrected chi connectivity index (χ2v) is 11.9. The van der Waals surface area contributed by atoms with Gasteiger partial charge in [0.15, 0.2) is 0 Å². The van der Waals surface area contributed by atoms with E-state index in [0.717, 1.165) is 53.6 Å². The summed E-state index contributed by atoms with van der Waals surface area (Å²) in [6.07, 6.45) is 6.03. The van der Waals surface area contributed by atoms with Crippen LogP contribution >= 0.6 is 11.3 Å². The van der Waals surface area contributed by atoms with Crippen LogP contribution in [0.3, 0.4) is 0 Å². The number of hydrogen-bond donors (Lipinski definition) is 1. The van der Waals surface area contributed by atoms with Crippen LogP contribution in [0.2, 0.25) is 0 Å². The Morgan fingerprint density at radius 1 is 1.05 bits per heavy atom. The van der Waals surface area contributed by atoms with Gasteiger partial charge in [0.2, 0.25) is 5.43 Å². The third-order valence-electron chi connectivity index (χ3n) is 8.68. The number of rotatable bonds is 5. The Labute approximate surface area is 239 Å². The van der Waals surface area contributed by atoms with E-state index < -0.39 is 17.2 Å². The molecule has 0 saturated carbocycles. The molecule has 1 atom stereocenters. The van der Waals surface area contributed by atoms with Gasteiger partial charge in [-0.1, -0.05) is 29.8 Å². The van der Waals surface area contributed by atoms with Gasteiger partial charge in [-0.15, -0.1) is 11.3 Å². The summed E-state index contributed by atoms with van der Waals surface area (Å²) in [5.74, 6) is -1.02. The maximum Gasteiger partial charge on any atom is 0.342 e. The Bertz CT molecular complexity index is 1940. The zero-order chi connectivity index (χ0) is 28.2. The molecule has 7 rings (SSSR count). The molecule has 0 bridgehead atoms. The van der Waals surface area contributed by atoms with Crippen molar-refractivity contribution in [3.63, 3.8) is 0 Å². The van der Waals surface area contributed by atoms with Crippen LogP contribution in [-0.2, 0) is 6.42 Å². The number of nitrogens with zero attached hydrogens (tertiary/aromatic N) is 2. The van der Waals surface area contributed by atoms with Gasteiger partial charge in [-0.3, -0.25) is 9.20 Å². The second kappa shape index (κ2) is 10.0. The number of hydrogen-bond acceptors (Lipinski definition) is 5. The quantitative estimate of drug-likeness (QED) is 0.227. The fraction of sp³-hybridized carbons (Fsp3) is 0.273. The van der Waals surface area contributed by atoms with E-state index in [2.05, 4.69) is 17.0 Å². The van der Waals surface area contributed by atoms with Gasteiger partial charge in [-0.25, -0.2) is 9.18 Å². The number of para-hydroxylation sites is 1. The molecule has 0 amide bonds. The summed E-state index contributed by atoms with van der Waals surface area (Å²) in [4.78, 5) is 28.2. The van der Waals surface area contributed by atoms with Crippen molar-refractivity contribution in [2.24, 2.45) is 0 Å². The number of carboxylic acid groups (broad SMARTS) is 1. The summed E-state index contributed by atoms with van der Waals surface area (Å²) < 4.78 is 24.2. The van der Waals surface area contributed by atoms with Crippen molar-refractivity contribution in [2.45, 2.75) is 44.6 Å². The molecule has 0 saturated heterocycles. The van der Waals surface area contributed by atoms with Crippen LogP contribution in [0, 0.1) is 5.82 Å². The van der Waals surface area contributed by atoms with E-state index in [9.17, 15) is 14.7 Å². The predicted molar refractivity (Wildman–Crippen MR) is 161 cm³/mol. The molecule has 3 aromatic carbocycles. The van der Waals surface area contributed by atoms with Crippen LogP contribution < -0.4 is 15.1 Å². The number of thiazole rings is 1. The van der Waals surface area contributed by atoms with Crippen molar-refractivity contribution < 1.29 is 19.0 Å². The van der Waals surface area contributed by atoms with Gasteiger partial charge in [-0.2, -0.15) is 0 Å². The van der Waals surface area contributed by atoms with Crippen LogP contribution in [0.15, 0.2) is 76.6 Å². The van der Waals surface area contributed by atoms with Crippen molar-refractivity contribution in [1.29, 1.82) is 0 Å².